The molecule has 0 saturated carbocycles. The number of hydrogen-bond acceptors (Lipinski definition) is 9. The Morgan fingerprint density at radius 3 is 2.85 bits per heavy atom. The number of pyridine rings is 3. The average Bonchev–Trinajstić information content (AvgIpc) is 3.74. The van der Waals surface area contributed by atoms with Crippen molar-refractivity contribution in [2.45, 2.75) is 19.8 Å². The number of likely N-dealkylation sites (tertiary alicyclic amines) is 1. The van der Waals surface area contributed by atoms with Crippen molar-refractivity contribution in [3.8, 4) is 22.7 Å². The molecule has 2 N–H and O–H groups in total. The number of nitrogens with zero attached hydrogens (tertiary/aromatic N) is 8. The van der Waals surface area contributed by atoms with Gasteiger partial charge in [-0.3, -0.25) is 19.9 Å². The zero-order valence-corrected chi connectivity index (χ0v) is 21.6. The van der Waals surface area contributed by atoms with Gasteiger partial charge in [0.25, 0.3) is 0 Å². The van der Waals surface area contributed by atoms with Gasteiger partial charge < -0.3 is 19.6 Å². The lowest BCUT2D eigenvalue weighted by Gasteiger charge is -2.18. The number of aromatic amines is 1. The van der Waals surface area contributed by atoms with Gasteiger partial charge in [0.05, 0.1) is 41.5 Å². The Morgan fingerprint density at radius 2 is 1.97 bits per heavy atom. The maximum Gasteiger partial charge on any atom is 0.180 e. The summed E-state index contributed by atoms with van der Waals surface area (Å²) in [5.74, 6) is 1.39. The molecule has 2 aliphatic heterocycles. The Morgan fingerprint density at radius 1 is 1.05 bits per heavy atom. The lowest BCUT2D eigenvalue weighted by molar-refractivity contribution is 0.237. The molecule has 0 atom stereocenters. The van der Waals surface area contributed by atoms with Gasteiger partial charge in [0.2, 0.25) is 0 Å². The molecular formula is C28H28N10O. The van der Waals surface area contributed by atoms with Crippen LogP contribution in [0.4, 0.5) is 5.69 Å². The summed E-state index contributed by atoms with van der Waals surface area (Å²) >= 11 is 0. The predicted molar refractivity (Wildman–Crippen MR) is 149 cm³/mol. The highest BCUT2D eigenvalue weighted by atomic mass is 16.5. The molecule has 5 aromatic rings. The number of aryl methyl sites for hydroxylation is 1. The summed E-state index contributed by atoms with van der Waals surface area (Å²) in [6, 6.07) is 5.95. The van der Waals surface area contributed by atoms with Gasteiger partial charge in [-0.1, -0.05) is 0 Å². The first-order chi connectivity index (χ1) is 19.2. The number of rotatable bonds is 7. The molecule has 0 radical (unpaired) electrons. The van der Waals surface area contributed by atoms with E-state index in [0.717, 1.165) is 70.5 Å². The maximum absolute atomic E-state index is 6.02. The number of H-pyrrole nitrogens is 1. The summed E-state index contributed by atoms with van der Waals surface area (Å²) in [4.78, 5) is 33.4. The second-order valence-corrected chi connectivity index (χ2v) is 9.80. The summed E-state index contributed by atoms with van der Waals surface area (Å²) in [5, 5.41) is 3.32. The van der Waals surface area contributed by atoms with Gasteiger partial charge in [0.15, 0.2) is 11.5 Å². The van der Waals surface area contributed by atoms with E-state index in [9.17, 15) is 0 Å². The minimum atomic E-state index is 0.434. The summed E-state index contributed by atoms with van der Waals surface area (Å²) in [7, 11) is 0. The largest absolute Gasteiger partial charge is 0.491 e. The molecule has 7 rings (SSSR count). The van der Waals surface area contributed by atoms with Crippen molar-refractivity contribution in [3.63, 3.8) is 0 Å². The number of aliphatic imine (C=N–C) groups is 1. The monoisotopic (exact) mass is 520 g/mol. The van der Waals surface area contributed by atoms with Crippen LogP contribution in [0.2, 0.25) is 0 Å². The number of imidazole rings is 2. The molecule has 0 aromatic carbocycles. The molecule has 11 nitrogen and oxygen atoms in total. The molecule has 0 aliphatic carbocycles. The third-order valence-electron chi connectivity index (χ3n) is 7.13. The van der Waals surface area contributed by atoms with E-state index in [1.54, 1.807) is 24.9 Å². The molecule has 2 aliphatic rings. The van der Waals surface area contributed by atoms with Crippen LogP contribution in [0.5, 0.6) is 5.75 Å². The van der Waals surface area contributed by atoms with E-state index in [1.807, 2.05) is 42.1 Å². The Kier molecular flexibility index (Phi) is 5.97. The molecule has 0 spiro atoms. The average molecular weight is 521 g/mol. The number of anilines is 1. The number of aromatic nitrogens is 7. The van der Waals surface area contributed by atoms with E-state index < -0.39 is 0 Å². The van der Waals surface area contributed by atoms with Gasteiger partial charge in [-0.2, -0.15) is 0 Å². The molecule has 1 saturated heterocycles. The summed E-state index contributed by atoms with van der Waals surface area (Å²) < 4.78 is 7.99. The van der Waals surface area contributed by atoms with Crippen LogP contribution in [0.3, 0.4) is 0 Å². The number of hydrogen-bond donors (Lipinski definition) is 2. The second kappa shape index (κ2) is 9.91. The van der Waals surface area contributed by atoms with Gasteiger partial charge in [-0.25, -0.2) is 15.0 Å². The van der Waals surface area contributed by atoms with Crippen molar-refractivity contribution in [3.05, 3.63) is 72.6 Å². The Balaban J connectivity index is 1.18. The van der Waals surface area contributed by atoms with Crippen molar-refractivity contribution >= 4 is 22.6 Å². The highest BCUT2D eigenvalue weighted by Gasteiger charge is 2.22. The molecule has 39 heavy (non-hydrogen) atoms. The van der Waals surface area contributed by atoms with Gasteiger partial charge in [0, 0.05) is 36.3 Å². The Bertz CT molecular complexity index is 1680. The first-order valence-corrected chi connectivity index (χ1v) is 13.2. The van der Waals surface area contributed by atoms with Crippen LogP contribution in [0.15, 0.2) is 60.5 Å². The van der Waals surface area contributed by atoms with Crippen LogP contribution >= 0.6 is 0 Å². The van der Waals surface area contributed by atoms with Crippen LogP contribution in [0, 0.1) is 6.92 Å². The zero-order valence-electron chi connectivity index (χ0n) is 21.6. The minimum absolute atomic E-state index is 0.434. The molecule has 0 bridgehead atoms. The van der Waals surface area contributed by atoms with Crippen molar-refractivity contribution in [2.24, 2.45) is 4.99 Å². The standard InChI is InChI=1S/C28H28N10O/c1-18-15-38(17-34-18)24-4-5-30-27-26(24)35-28(36-27)25-21-11-22(31-14-23(21)32-16-33-25)19-10-20(13-29-12-19)39-9-8-37-6-2-3-7-37/h4-5,10-15,17,32H,2-3,6-9,16H2,1H3,(H,30,35,36). The fourth-order valence-corrected chi connectivity index (χ4v) is 5.16. The molecule has 0 amide bonds. The van der Waals surface area contributed by atoms with E-state index in [4.69, 9.17) is 19.7 Å². The highest BCUT2D eigenvalue weighted by molar-refractivity contribution is 6.16. The van der Waals surface area contributed by atoms with Crippen LogP contribution in [0.1, 0.15) is 29.9 Å². The quantitative estimate of drug-likeness (QED) is 0.334. The lowest BCUT2D eigenvalue weighted by Crippen LogP contribution is -2.25. The van der Waals surface area contributed by atoms with E-state index in [0.29, 0.717) is 24.7 Å². The van der Waals surface area contributed by atoms with Gasteiger partial charge >= 0.3 is 0 Å². The van der Waals surface area contributed by atoms with E-state index in [-0.39, 0.29) is 0 Å². The van der Waals surface area contributed by atoms with Crippen molar-refractivity contribution < 1.29 is 4.74 Å². The third-order valence-corrected chi connectivity index (χ3v) is 7.13. The van der Waals surface area contributed by atoms with Gasteiger partial charge in [-0.05, 0) is 51.1 Å². The second-order valence-electron chi connectivity index (χ2n) is 9.80. The molecule has 196 valence electrons. The van der Waals surface area contributed by atoms with E-state index in [1.165, 1.54) is 12.8 Å². The van der Waals surface area contributed by atoms with Crippen LogP contribution in [-0.4, -0.2) is 78.0 Å². The fourth-order valence-electron chi connectivity index (χ4n) is 5.16. The summed E-state index contributed by atoms with van der Waals surface area (Å²) in [6.07, 6.45) is 13.5. The molecule has 11 heteroatoms. The fraction of sp³-hybridized carbons (Fsp3) is 0.286. The van der Waals surface area contributed by atoms with E-state index in [2.05, 4.69) is 30.2 Å². The SMILES string of the molecule is Cc1cn(-c2ccnc3nc(C4=NCNc5cnc(-c6cncc(OCCN7CCCC7)c6)cc54)[nH]c23)cn1. The predicted octanol–water partition coefficient (Wildman–Crippen LogP) is 3.60. The minimum Gasteiger partial charge on any atom is -0.491 e. The number of ether oxygens (including phenoxy) is 1. The van der Waals surface area contributed by atoms with Crippen molar-refractivity contribution in [1.29, 1.82) is 0 Å². The van der Waals surface area contributed by atoms with Gasteiger partial charge in [-0.15, -0.1) is 0 Å². The highest BCUT2D eigenvalue weighted by Crippen LogP contribution is 2.29. The maximum atomic E-state index is 6.02. The molecule has 1 fully saturated rings. The topological polar surface area (TPSA) is 122 Å². The molecule has 5 aromatic heterocycles. The Hall–Kier alpha value is -4.64. The summed E-state index contributed by atoms with van der Waals surface area (Å²) in [6.45, 7) is 6.29. The van der Waals surface area contributed by atoms with Crippen LogP contribution < -0.4 is 10.1 Å². The van der Waals surface area contributed by atoms with Crippen molar-refractivity contribution in [2.75, 3.05) is 38.2 Å². The van der Waals surface area contributed by atoms with Crippen LogP contribution in [0.25, 0.3) is 28.1 Å². The third kappa shape index (κ3) is 4.61. The van der Waals surface area contributed by atoms with E-state index >= 15 is 0 Å². The number of nitrogens with one attached hydrogen (secondary N) is 2. The lowest BCUT2D eigenvalue weighted by atomic mass is 10.0. The zero-order chi connectivity index (χ0) is 26.2. The molecule has 0 unspecified atom stereocenters. The number of fused-ring (bicyclic) bond motifs is 2. The normalized spacial score (nSPS) is 15.3. The molecule has 7 heterocycles. The first-order valence-electron chi connectivity index (χ1n) is 13.2. The van der Waals surface area contributed by atoms with Crippen molar-refractivity contribution in [1.82, 2.24) is 39.4 Å². The first kappa shape index (κ1) is 23.5. The smallest absolute Gasteiger partial charge is 0.180 e. The summed E-state index contributed by atoms with van der Waals surface area (Å²) in [5.41, 5.74) is 7.53. The van der Waals surface area contributed by atoms with Crippen LogP contribution in [-0.2, 0) is 0 Å². The molecular weight excluding hydrogens is 492 g/mol. The Labute approximate surface area is 225 Å². The van der Waals surface area contributed by atoms with Gasteiger partial charge in [0.1, 0.15) is 30.3 Å².